The molecule has 2 aliphatic heterocycles. The molecule has 4 atom stereocenters. The lowest BCUT2D eigenvalue weighted by Gasteiger charge is -2.38. The first-order chi connectivity index (χ1) is 12.2. The third-order valence-corrected chi connectivity index (χ3v) is 8.48. The SMILES string of the molecule is O=S(=O)(c1ccccc1)C12C=CCCCC1C1OC2c2ccccc21. The Morgan fingerprint density at radius 1 is 0.960 bits per heavy atom. The topological polar surface area (TPSA) is 43.4 Å². The Labute approximate surface area is 148 Å². The highest BCUT2D eigenvalue weighted by Crippen LogP contribution is 2.65. The van der Waals surface area contributed by atoms with Crippen LogP contribution < -0.4 is 0 Å². The summed E-state index contributed by atoms with van der Waals surface area (Å²) in [5, 5.41) is 0. The number of hydrogen-bond donors (Lipinski definition) is 0. The molecule has 0 spiro atoms. The second-order valence-electron chi connectivity index (χ2n) is 7.18. The van der Waals surface area contributed by atoms with Crippen molar-refractivity contribution in [2.75, 3.05) is 0 Å². The predicted octanol–water partition coefficient (Wildman–Crippen LogP) is 4.38. The summed E-state index contributed by atoms with van der Waals surface area (Å²) in [6.07, 6.45) is 6.26. The molecule has 2 aromatic carbocycles. The maximum atomic E-state index is 13.8. The molecule has 2 aromatic rings. The Morgan fingerprint density at radius 2 is 1.68 bits per heavy atom. The Hall–Kier alpha value is -1.91. The Morgan fingerprint density at radius 3 is 2.48 bits per heavy atom. The molecule has 0 saturated carbocycles. The van der Waals surface area contributed by atoms with Gasteiger partial charge in [0, 0.05) is 5.92 Å². The van der Waals surface area contributed by atoms with Crippen LogP contribution in [0.2, 0.25) is 0 Å². The zero-order valence-corrected chi connectivity index (χ0v) is 14.7. The first-order valence-electron chi connectivity index (χ1n) is 8.88. The monoisotopic (exact) mass is 352 g/mol. The molecule has 0 radical (unpaired) electrons. The van der Waals surface area contributed by atoms with E-state index in [2.05, 4.69) is 6.07 Å². The van der Waals surface area contributed by atoms with Gasteiger partial charge in [-0.25, -0.2) is 8.42 Å². The molecule has 5 rings (SSSR count). The van der Waals surface area contributed by atoms with Gasteiger partial charge in [-0.2, -0.15) is 0 Å². The van der Waals surface area contributed by atoms with Gasteiger partial charge in [-0.3, -0.25) is 0 Å². The number of allylic oxidation sites excluding steroid dienone is 1. The minimum atomic E-state index is -3.57. The molecular weight excluding hydrogens is 332 g/mol. The van der Waals surface area contributed by atoms with Gasteiger partial charge in [0.1, 0.15) is 10.9 Å². The molecule has 2 heterocycles. The summed E-state index contributed by atoms with van der Waals surface area (Å²) in [5.74, 6) is -0.0312. The number of hydrogen-bond acceptors (Lipinski definition) is 3. The summed E-state index contributed by atoms with van der Waals surface area (Å²) in [4.78, 5) is 0.389. The molecule has 1 aliphatic carbocycles. The van der Waals surface area contributed by atoms with Gasteiger partial charge in [0.15, 0.2) is 9.84 Å². The molecular formula is C21H20O3S. The molecule has 4 unspecified atom stereocenters. The van der Waals surface area contributed by atoms with Gasteiger partial charge in [0.25, 0.3) is 0 Å². The highest BCUT2D eigenvalue weighted by molar-refractivity contribution is 7.93. The van der Waals surface area contributed by atoms with Crippen LogP contribution in [-0.2, 0) is 14.6 Å². The summed E-state index contributed by atoms with van der Waals surface area (Å²) < 4.78 is 33.0. The van der Waals surface area contributed by atoms with E-state index in [0.29, 0.717) is 4.90 Å². The van der Waals surface area contributed by atoms with Gasteiger partial charge >= 0.3 is 0 Å². The zero-order valence-electron chi connectivity index (χ0n) is 13.8. The van der Waals surface area contributed by atoms with Gasteiger partial charge in [-0.1, -0.05) is 54.6 Å². The van der Waals surface area contributed by atoms with Gasteiger partial charge in [-0.05, 0) is 42.5 Å². The lowest BCUT2D eigenvalue weighted by atomic mass is 9.74. The third kappa shape index (κ3) is 1.87. The number of fused-ring (bicyclic) bond motifs is 8. The molecule has 128 valence electrons. The fourth-order valence-corrected chi connectivity index (χ4v) is 7.24. The molecule has 1 saturated heterocycles. The van der Waals surface area contributed by atoms with Crippen LogP contribution in [0.25, 0.3) is 0 Å². The van der Waals surface area contributed by atoms with Gasteiger partial charge in [-0.15, -0.1) is 0 Å². The van der Waals surface area contributed by atoms with Gasteiger partial charge in [0.05, 0.1) is 11.0 Å². The van der Waals surface area contributed by atoms with Crippen molar-refractivity contribution in [3.8, 4) is 0 Å². The minimum Gasteiger partial charge on any atom is -0.363 e. The molecule has 4 heteroatoms. The smallest absolute Gasteiger partial charge is 0.190 e. The van der Waals surface area contributed by atoms with E-state index >= 15 is 0 Å². The van der Waals surface area contributed by atoms with E-state index < -0.39 is 20.7 Å². The van der Waals surface area contributed by atoms with Crippen molar-refractivity contribution in [1.29, 1.82) is 0 Å². The van der Waals surface area contributed by atoms with Gasteiger partial charge in [0.2, 0.25) is 0 Å². The van der Waals surface area contributed by atoms with Crippen LogP contribution in [0.5, 0.6) is 0 Å². The van der Waals surface area contributed by atoms with E-state index in [4.69, 9.17) is 4.74 Å². The van der Waals surface area contributed by atoms with Crippen molar-refractivity contribution >= 4 is 9.84 Å². The van der Waals surface area contributed by atoms with Crippen LogP contribution in [0, 0.1) is 5.92 Å². The molecule has 3 nitrogen and oxygen atoms in total. The maximum absolute atomic E-state index is 13.8. The molecule has 2 bridgehead atoms. The van der Waals surface area contributed by atoms with E-state index in [1.807, 2.05) is 36.4 Å². The van der Waals surface area contributed by atoms with E-state index in [1.165, 1.54) is 5.56 Å². The summed E-state index contributed by atoms with van der Waals surface area (Å²) in [7, 11) is -3.57. The highest BCUT2D eigenvalue weighted by atomic mass is 32.2. The van der Waals surface area contributed by atoms with Crippen LogP contribution in [0.15, 0.2) is 71.6 Å². The normalized spacial score (nSPS) is 32.9. The van der Waals surface area contributed by atoms with E-state index in [9.17, 15) is 8.42 Å². The molecule has 0 N–H and O–H groups in total. The van der Waals surface area contributed by atoms with Crippen molar-refractivity contribution in [2.24, 2.45) is 5.92 Å². The fourth-order valence-electron chi connectivity index (χ4n) is 4.94. The van der Waals surface area contributed by atoms with Crippen molar-refractivity contribution in [1.82, 2.24) is 0 Å². The van der Waals surface area contributed by atoms with Crippen LogP contribution in [0.1, 0.15) is 42.6 Å². The summed E-state index contributed by atoms with van der Waals surface area (Å²) in [6.45, 7) is 0. The van der Waals surface area contributed by atoms with Crippen molar-refractivity contribution < 1.29 is 13.2 Å². The van der Waals surface area contributed by atoms with Crippen LogP contribution in [0.3, 0.4) is 0 Å². The lowest BCUT2D eigenvalue weighted by molar-refractivity contribution is 0.0565. The van der Waals surface area contributed by atoms with Crippen LogP contribution in [0.4, 0.5) is 0 Å². The van der Waals surface area contributed by atoms with Gasteiger partial charge < -0.3 is 4.74 Å². The highest BCUT2D eigenvalue weighted by Gasteiger charge is 2.67. The second-order valence-corrected chi connectivity index (χ2v) is 9.36. The third-order valence-electron chi connectivity index (χ3n) is 6.01. The van der Waals surface area contributed by atoms with Crippen molar-refractivity contribution in [3.63, 3.8) is 0 Å². The number of ether oxygens (including phenoxy) is 1. The lowest BCUT2D eigenvalue weighted by Crippen LogP contribution is -2.47. The number of rotatable bonds is 2. The van der Waals surface area contributed by atoms with Crippen LogP contribution in [-0.4, -0.2) is 13.2 Å². The standard InChI is InChI=1S/C21H20O3S/c22-25(23,15-9-3-1-4-10-15)21-14-8-2-5-13-18(21)19-16-11-6-7-12-17(16)20(21)24-19/h1,3-4,6-12,14,18-20H,2,5,13H2. The maximum Gasteiger partial charge on any atom is 0.190 e. The van der Waals surface area contributed by atoms with E-state index in [0.717, 1.165) is 24.8 Å². The van der Waals surface area contributed by atoms with Crippen LogP contribution >= 0.6 is 0 Å². The molecule has 0 aromatic heterocycles. The predicted molar refractivity (Wildman–Crippen MR) is 95.8 cm³/mol. The number of sulfone groups is 1. The quantitative estimate of drug-likeness (QED) is 0.753. The molecule has 0 amide bonds. The Kier molecular flexibility index (Phi) is 3.25. The summed E-state index contributed by atoms with van der Waals surface area (Å²) >= 11 is 0. The number of benzene rings is 2. The van der Waals surface area contributed by atoms with Crippen molar-refractivity contribution in [3.05, 3.63) is 77.9 Å². The fraction of sp³-hybridized carbons (Fsp3) is 0.333. The average molecular weight is 352 g/mol. The average Bonchev–Trinajstić information content (AvgIpc) is 3.08. The first kappa shape index (κ1) is 15.4. The summed E-state index contributed by atoms with van der Waals surface area (Å²) in [6, 6.07) is 17.0. The van der Waals surface area contributed by atoms with E-state index in [1.54, 1.807) is 24.3 Å². The summed E-state index contributed by atoms with van der Waals surface area (Å²) in [5.41, 5.74) is 2.21. The Balaban J connectivity index is 1.78. The molecule has 25 heavy (non-hydrogen) atoms. The molecule has 3 aliphatic rings. The van der Waals surface area contributed by atoms with Crippen molar-refractivity contribution in [2.45, 2.75) is 41.1 Å². The molecule has 1 fully saturated rings. The largest absolute Gasteiger partial charge is 0.363 e. The second kappa shape index (κ2) is 5.29. The first-order valence-corrected chi connectivity index (χ1v) is 10.4. The minimum absolute atomic E-state index is 0.0312. The Bertz CT molecular complexity index is 948. The zero-order chi connectivity index (χ0) is 17.1. The van der Waals surface area contributed by atoms with E-state index in [-0.39, 0.29) is 12.0 Å².